The molecule has 1 heterocycles. The molecule has 1 saturated carbocycles. The Bertz CT molecular complexity index is 264. The number of rotatable bonds is 6. The van der Waals surface area contributed by atoms with Gasteiger partial charge in [-0.05, 0) is 37.8 Å². The molecule has 0 aromatic heterocycles. The summed E-state index contributed by atoms with van der Waals surface area (Å²) < 4.78 is 5.10. The van der Waals surface area contributed by atoms with Crippen molar-refractivity contribution in [3.05, 3.63) is 0 Å². The molecule has 1 atom stereocenters. The molecule has 5 heteroatoms. The molecule has 1 spiro atoms. The highest BCUT2D eigenvalue weighted by Crippen LogP contribution is 2.58. The normalized spacial score (nSPS) is 25.8. The van der Waals surface area contributed by atoms with Crippen LogP contribution in [0.15, 0.2) is 0 Å². The van der Waals surface area contributed by atoms with Crippen LogP contribution in [-0.4, -0.2) is 50.5 Å². The molecule has 1 amide bonds. The molecule has 0 bridgehead atoms. The number of piperidine rings is 1. The highest BCUT2D eigenvalue weighted by atomic mass is 16.5. The molecule has 1 unspecified atom stereocenters. The summed E-state index contributed by atoms with van der Waals surface area (Å²) in [5.74, 6) is 0.405. The summed E-state index contributed by atoms with van der Waals surface area (Å²) in [6.45, 7) is 3.49. The Labute approximate surface area is 102 Å². The number of carbonyl (C=O) groups excluding carboxylic acids is 1. The fourth-order valence-corrected chi connectivity index (χ4v) is 2.73. The van der Waals surface area contributed by atoms with Gasteiger partial charge in [0.15, 0.2) is 0 Å². The number of ether oxygens (including phenoxy) is 1. The number of amides is 1. The van der Waals surface area contributed by atoms with Gasteiger partial charge in [-0.1, -0.05) is 0 Å². The number of nitrogens with one attached hydrogen (secondary N) is 2. The van der Waals surface area contributed by atoms with Gasteiger partial charge in [0.1, 0.15) is 0 Å². The van der Waals surface area contributed by atoms with Crippen molar-refractivity contribution in [1.29, 1.82) is 0 Å². The van der Waals surface area contributed by atoms with Gasteiger partial charge in [-0.25, -0.2) is 0 Å². The number of hydrogen-bond acceptors (Lipinski definition) is 4. The van der Waals surface area contributed by atoms with Crippen LogP contribution in [0.2, 0.25) is 0 Å². The highest BCUT2D eigenvalue weighted by Gasteiger charge is 2.57. The summed E-state index contributed by atoms with van der Waals surface area (Å²) in [6.07, 6.45) is 3.32. The van der Waals surface area contributed by atoms with Crippen LogP contribution in [0, 0.1) is 11.3 Å². The van der Waals surface area contributed by atoms with Gasteiger partial charge in [0.2, 0.25) is 5.91 Å². The summed E-state index contributed by atoms with van der Waals surface area (Å²) in [7, 11) is 0. The van der Waals surface area contributed by atoms with E-state index in [0.717, 1.165) is 32.4 Å². The largest absolute Gasteiger partial charge is 0.394 e. The SMILES string of the molecule is O=C(NCCOCCO)C1CC12CCNCC2. The van der Waals surface area contributed by atoms with Crippen LogP contribution in [0.1, 0.15) is 19.3 Å². The van der Waals surface area contributed by atoms with Gasteiger partial charge in [0.25, 0.3) is 0 Å². The lowest BCUT2D eigenvalue weighted by molar-refractivity contribution is -0.123. The third kappa shape index (κ3) is 3.18. The minimum Gasteiger partial charge on any atom is -0.394 e. The molecule has 2 aliphatic rings. The second-order valence-corrected chi connectivity index (χ2v) is 5.00. The van der Waals surface area contributed by atoms with Gasteiger partial charge in [-0.2, -0.15) is 0 Å². The maximum Gasteiger partial charge on any atom is 0.223 e. The smallest absolute Gasteiger partial charge is 0.223 e. The standard InChI is InChI=1S/C12H22N2O3/c15-6-8-17-7-5-14-11(16)10-9-12(10)1-3-13-4-2-12/h10,13,15H,1-9H2,(H,14,16). The van der Waals surface area contributed by atoms with E-state index in [1.165, 1.54) is 0 Å². The third-order valence-electron chi connectivity index (χ3n) is 3.89. The van der Waals surface area contributed by atoms with E-state index >= 15 is 0 Å². The van der Waals surface area contributed by atoms with Crippen molar-refractivity contribution in [3.63, 3.8) is 0 Å². The first kappa shape index (κ1) is 12.8. The van der Waals surface area contributed by atoms with Gasteiger partial charge in [0.05, 0.1) is 19.8 Å². The minimum absolute atomic E-state index is 0.0344. The van der Waals surface area contributed by atoms with Gasteiger partial charge in [-0.3, -0.25) is 4.79 Å². The number of aliphatic hydroxyl groups excluding tert-OH is 1. The van der Waals surface area contributed by atoms with E-state index in [-0.39, 0.29) is 18.4 Å². The van der Waals surface area contributed by atoms with Crippen molar-refractivity contribution in [2.75, 3.05) is 39.5 Å². The van der Waals surface area contributed by atoms with E-state index in [0.29, 0.717) is 25.2 Å². The first-order valence-corrected chi connectivity index (χ1v) is 6.45. The van der Waals surface area contributed by atoms with Gasteiger partial charge >= 0.3 is 0 Å². The second kappa shape index (κ2) is 5.80. The summed E-state index contributed by atoms with van der Waals surface area (Å²) in [5, 5.41) is 14.8. The maximum absolute atomic E-state index is 11.9. The first-order chi connectivity index (χ1) is 8.28. The zero-order chi connectivity index (χ0) is 12.1. The highest BCUT2D eigenvalue weighted by molar-refractivity contribution is 5.82. The molecule has 2 rings (SSSR count). The fraction of sp³-hybridized carbons (Fsp3) is 0.917. The van der Waals surface area contributed by atoms with Crippen molar-refractivity contribution in [2.24, 2.45) is 11.3 Å². The van der Waals surface area contributed by atoms with E-state index < -0.39 is 0 Å². The predicted molar refractivity (Wildman–Crippen MR) is 63.6 cm³/mol. The second-order valence-electron chi connectivity index (χ2n) is 5.00. The average Bonchev–Trinajstić information content (AvgIpc) is 3.03. The molecule has 5 nitrogen and oxygen atoms in total. The van der Waals surface area contributed by atoms with E-state index in [1.807, 2.05) is 0 Å². The molecule has 1 aliphatic carbocycles. The van der Waals surface area contributed by atoms with Crippen molar-refractivity contribution < 1.29 is 14.6 Å². The van der Waals surface area contributed by atoms with Crippen LogP contribution < -0.4 is 10.6 Å². The Morgan fingerprint density at radius 3 is 2.88 bits per heavy atom. The van der Waals surface area contributed by atoms with E-state index in [2.05, 4.69) is 10.6 Å². The number of aliphatic hydroxyl groups is 1. The van der Waals surface area contributed by atoms with Crippen molar-refractivity contribution in [3.8, 4) is 0 Å². The van der Waals surface area contributed by atoms with Crippen molar-refractivity contribution in [1.82, 2.24) is 10.6 Å². The Morgan fingerprint density at radius 1 is 1.41 bits per heavy atom. The lowest BCUT2D eigenvalue weighted by atomic mass is 9.92. The predicted octanol–water partition coefficient (Wildman–Crippen LogP) is -0.499. The van der Waals surface area contributed by atoms with Gasteiger partial charge < -0.3 is 20.5 Å². The summed E-state index contributed by atoms with van der Waals surface area (Å²) in [4.78, 5) is 11.9. The van der Waals surface area contributed by atoms with E-state index in [4.69, 9.17) is 9.84 Å². The van der Waals surface area contributed by atoms with Crippen LogP contribution in [0.25, 0.3) is 0 Å². The zero-order valence-electron chi connectivity index (χ0n) is 10.2. The minimum atomic E-state index is 0.0344. The maximum atomic E-state index is 11.9. The lowest BCUT2D eigenvalue weighted by Gasteiger charge is -2.23. The monoisotopic (exact) mass is 242 g/mol. The topological polar surface area (TPSA) is 70.6 Å². The van der Waals surface area contributed by atoms with Crippen molar-refractivity contribution in [2.45, 2.75) is 19.3 Å². The summed E-state index contributed by atoms with van der Waals surface area (Å²) in [6, 6.07) is 0. The molecule has 1 aliphatic heterocycles. The van der Waals surface area contributed by atoms with Crippen LogP contribution in [-0.2, 0) is 9.53 Å². The number of hydrogen-bond donors (Lipinski definition) is 3. The Kier molecular flexibility index (Phi) is 4.36. The van der Waals surface area contributed by atoms with Crippen molar-refractivity contribution >= 4 is 5.91 Å². The molecule has 0 aromatic rings. The molecular formula is C12H22N2O3. The van der Waals surface area contributed by atoms with Crippen LogP contribution in [0.4, 0.5) is 0 Å². The molecule has 98 valence electrons. The number of carbonyl (C=O) groups is 1. The summed E-state index contributed by atoms with van der Waals surface area (Å²) in [5.41, 5.74) is 0.307. The fourth-order valence-electron chi connectivity index (χ4n) is 2.73. The Morgan fingerprint density at radius 2 is 2.18 bits per heavy atom. The van der Waals surface area contributed by atoms with Crippen LogP contribution in [0.3, 0.4) is 0 Å². The molecule has 3 N–H and O–H groups in total. The molecule has 2 fully saturated rings. The van der Waals surface area contributed by atoms with Crippen LogP contribution >= 0.6 is 0 Å². The molecule has 0 radical (unpaired) electrons. The molecule has 17 heavy (non-hydrogen) atoms. The third-order valence-corrected chi connectivity index (χ3v) is 3.89. The Hall–Kier alpha value is -0.650. The first-order valence-electron chi connectivity index (χ1n) is 6.45. The van der Waals surface area contributed by atoms with E-state index in [9.17, 15) is 4.79 Å². The average molecular weight is 242 g/mol. The van der Waals surface area contributed by atoms with Gasteiger partial charge in [0, 0.05) is 12.5 Å². The van der Waals surface area contributed by atoms with Crippen LogP contribution in [0.5, 0.6) is 0 Å². The Balaban J connectivity index is 1.61. The zero-order valence-corrected chi connectivity index (χ0v) is 10.2. The molecular weight excluding hydrogens is 220 g/mol. The molecule has 1 saturated heterocycles. The lowest BCUT2D eigenvalue weighted by Crippen LogP contribution is -2.34. The quantitative estimate of drug-likeness (QED) is 0.549. The summed E-state index contributed by atoms with van der Waals surface area (Å²) >= 11 is 0. The van der Waals surface area contributed by atoms with E-state index in [1.54, 1.807) is 0 Å². The molecule has 0 aromatic carbocycles. The van der Waals surface area contributed by atoms with Gasteiger partial charge in [-0.15, -0.1) is 0 Å².